The summed E-state index contributed by atoms with van der Waals surface area (Å²) in [6.07, 6.45) is 5.72. The zero-order valence-electron chi connectivity index (χ0n) is 8.77. The number of allylic oxidation sites excluding steroid dienone is 2. The van der Waals surface area contributed by atoms with E-state index < -0.39 is 10.8 Å². The van der Waals surface area contributed by atoms with E-state index in [4.69, 9.17) is 21.0 Å². The molecular weight excluding hydrogens is 200 g/mol. The van der Waals surface area contributed by atoms with E-state index in [1.54, 1.807) is 6.08 Å². The molecule has 1 aliphatic rings. The van der Waals surface area contributed by atoms with E-state index in [-0.39, 0.29) is 6.42 Å². The van der Waals surface area contributed by atoms with Gasteiger partial charge in [-0.15, -0.1) is 0 Å². The normalized spacial score (nSPS) is 21.2. The summed E-state index contributed by atoms with van der Waals surface area (Å²) in [5, 5.41) is 36.6. The van der Waals surface area contributed by atoms with Crippen molar-refractivity contribution in [3.8, 4) is 24.3 Å². The Morgan fingerprint density at radius 3 is 2.00 bits per heavy atom. The molecule has 4 nitrogen and oxygen atoms in total. The summed E-state index contributed by atoms with van der Waals surface area (Å²) in [4.78, 5) is 0. The van der Waals surface area contributed by atoms with E-state index in [9.17, 15) is 0 Å². The minimum absolute atomic E-state index is 0.269. The third kappa shape index (κ3) is 1.52. The molecule has 0 aromatic heterocycles. The van der Waals surface area contributed by atoms with Crippen LogP contribution in [0.1, 0.15) is 25.7 Å². The first-order valence-corrected chi connectivity index (χ1v) is 5.03. The Labute approximate surface area is 94.6 Å². The number of nitrogens with zero attached hydrogens (tertiary/aromatic N) is 4. The highest BCUT2D eigenvalue weighted by atomic mass is 14.5. The summed E-state index contributed by atoms with van der Waals surface area (Å²) in [5.74, 6) is 0. The molecule has 78 valence electrons. The van der Waals surface area contributed by atoms with Gasteiger partial charge in [0.05, 0.1) is 24.3 Å². The zero-order chi connectivity index (χ0) is 12.1. The Balaban J connectivity index is 3.42. The Bertz CT molecular complexity index is 433. The van der Waals surface area contributed by atoms with Gasteiger partial charge >= 0.3 is 0 Å². The average Bonchev–Trinajstić information content (AvgIpc) is 2.31. The molecule has 0 fully saturated rings. The molecule has 4 heteroatoms. The molecule has 0 radical (unpaired) electrons. The minimum atomic E-state index is -1.64. The van der Waals surface area contributed by atoms with Crippen LogP contribution in [0.4, 0.5) is 0 Å². The first-order chi connectivity index (χ1) is 7.70. The maximum Gasteiger partial charge on any atom is 0.193 e. The molecule has 16 heavy (non-hydrogen) atoms. The third-order valence-corrected chi connectivity index (χ3v) is 2.95. The first-order valence-electron chi connectivity index (χ1n) is 5.03. The first kappa shape index (κ1) is 11.8. The quantitative estimate of drug-likeness (QED) is 0.572. The van der Waals surface area contributed by atoms with Crippen LogP contribution in [0.3, 0.4) is 0 Å². The highest BCUT2D eigenvalue weighted by molar-refractivity contribution is 5.40. The Kier molecular flexibility index (Phi) is 3.30. The smallest absolute Gasteiger partial charge is 0.193 e. The molecule has 0 N–H and O–H groups in total. The second kappa shape index (κ2) is 4.48. The molecule has 0 aliphatic heterocycles. The van der Waals surface area contributed by atoms with Crippen molar-refractivity contribution >= 4 is 0 Å². The van der Waals surface area contributed by atoms with Crippen LogP contribution in [0.15, 0.2) is 12.2 Å². The van der Waals surface area contributed by atoms with Gasteiger partial charge in [0.25, 0.3) is 0 Å². The molecule has 0 atom stereocenters. The van der Waals surface area contributed by atoms with E-state index >= 15 is 0 Å². The van der Waals surface area contributed by atoms with Crippen LogP contribution in [-0.2, 0) is 0 Å². The molecule has 0 saturated carbocycles. The Morgan fingerprint density at radius 1 is 0.875 bits per heavy atom. The lowest BCUT2D eigenvalue weighted by atomic mass is 9.63. The van der Waals surface area contributed by atoms with Crippen LogP contribution in [0.5, 0.6) is 0 Å². The summed E-state index contributed by atoms with van der Waals surface area (Å²) in [7, 11) is 0. The summed E-state index contributed by atoms with van der Waals surface area (Å²) in [5.41, 5.74) is -3.19. The van der Waals surface area contributed by atoms with Crippen molar-refractivity contribution < 1.29 is 0 Å². The second-order valence-electron chi connectivity index (χ2n) is 3.81. The van der Waals surface area contributed by atoms with Crippen molar-refractivity contribution in [2.24, 2.45) is 10.8 Å². The number of hydrogen-bond acceptors (Lipinski definition) is 4. The van der Waals surface area contributed by atoms with Crippen LogP contribution in [0.25, 0.3) is 0 Å². The maximum atomic E-state index is 9.15. The summed E-state index contributed by atoms with van der Waals surface area (Å²) >= 11 is 0. The van der Waals surface area contributed by atoms with Crippen molar-refractivity contribution in [3.05, 3.63) is 12.2 Å². The molecule has 0 aromatic rings. The second-order valence-corrected chi connectivity index (χ2v) is 3.81. The third-order valence-electron chi connectivity index (χ3n) is 2.95. The Morgan fingerprint density at radius 2 is 1.50 bits per heavy atom. The van der Waals surface area contributed by atoms with Crippen molar-refractivity contribution in [2.75, 3.05) is 0 Å². The summed E-state index contributed by atoms with van der Waals surface area (Å²) in [6, 6.07) is 7.41. The van der Waals surface area contributed by atoms with Gasteiger partial charge in [0, 0.05) is 0 Å². The van der Waals surface area contributed by atoms with E-state index in [1.807, 2.05) is 24.3 Å². The molecule has 0 spiro atoms. The van der Waals surface area contributed by atoms with Crippen molar-refractivity contribution in [1.29, 1.82) is 21.0 Å². The van der Waals surface area contributed by atoms with Crippen LogP contribution >= 0.6 is 0 Å². The molecule has 0 amide bonds. The van der Waals surface area contributed by atoms with E-state index in [1.165, 1.54) is 6.08 Å². The van der Waals surface area contributed by atoms with Gasteiger partial charge in [-0.3, -0.25) is 0 Å². The minimum Gasteiger partial charge on any atom is -0.196 e. The molecule has 0 aromatic carbocycles. The molecule has 0 bridgehead atoms. The van der Waals surface area contributed by atoms with Crippen molar-refractivity contribution in [3.63, 3.8) is 0 Å². The molecular formula is C12H10N4. The number of rotatable bonds is 0. The zero-order valence-corrected chi connectivity index (χ0v) is 8.77. The molecule has 1 rings (SSSR count). The fourth-order valence-corrected chi connectivity index (χ4v) is 1.86. The van der Waals surface area contributed by atoms with Crippen LogP contribution in [-0.4, -0.2) is 0 Å². The van der Waals surface area contributed by atoms with Gasteiger partial charge < -0.3 is 0 Å². The highest BCUT2D eigenvalue weighted by Crippen LogP contribution is 2.44. The number of nitriles is 4. The molecule has 0 saturated heterocycles. The standard InChI is InChI=1S/C12H10N4/c13-7-11(8-14)5-3-1-2-4-6-12(11,9-15)10-16/h3,5H,1-2,4,6H2. The van der Waals surface area contributed by atoms with Gasteiger partial charge in [0.2, 0.25) is 0 Å². The van der Waals surface area contributed by atoms with Gasteiger partial charge in [-0.1, -0.05) is 18.6 Å². The van der Waals surface area contributed by atoms with E-state index in [0.717, 1.165) is 12.8 Å². The fourth-order valence-electron chi connectivity index (χ4n) is 1.86. The summed E-state index contributed by atoms with van der Waals surface area (Å²) < 4.78 is 0. The monoisotopic (exact) mass is 210 g/mol. The lowest BCUT2D eigenvalue weighted by Gasteiger charge is -2.29. The van der Waals surface area contributed by atoms with Crippen LogP contribution in [0, 0.1) is 56.2 Å². The van der Waals surface area contributed by atoms with Crippen molar-refractivity contribution in [2.45, 2.75) is 25.7 Å². The topological polar surface area (TPSA) is 95.2 Å². The van der Waals surface area contributed by atoms with Crippen molar-refractivity contribution in [1.82, 2.24) is 0 Å². The highest BCUT2D eigenvalue weighted by Gasteiger charge is 2.52. The fraction of sp³-hybridized carbons (Fsp3) is 0.500. The van der Waals surface area contributed by atoms with E-state index in [2.05, 4.69) is 0 Å². The van der Waals surface area contributed by atoms with Crippen LogP contribution < -0.4 is 0 Å². The Hall–Kier alpha value is -2.30. The van der Waals surface area contributed by atoms with Crippen LogP contribution in [0.2, 0.25) is 0 Å². The molecule has 1 aliphatic carbocycles. The van der Waals surface area contributed by atoms with E-state index in [0.29, 0.717) is 6.42 Å². The SMILES string of the molecule is N#CC1(C#N)C=CCCCCC1(C#N)C#N. The van der Waals surface area contributed by atoms with Gasteiger partial charge in [-0.2, -0.15) is 21.0 Å². The predicted molar refractivity (Wildman–Crippen MR) is 54.9 cm³/mol. The average molecular weight is 210 g/mol. The van der Waals surface area contributed by atoms with Gasteiger partial charge in [0.1, 0.15) is 0 Å². The van der Waals surface area contributed by atoms with Gasteiger partial charge in [-0.25, -0.2) is 0 Å². The van der Waals surface area contributed by atoms with Gasteiger partial charge in [0.15, 0.2) is 10.8 Å². The largest absolute Gasteiger partial charge is 0.196 e. The maximum absolute atomic E-state index is 9.15. The molecule has 0 heterocycles. The lowest BCUT2D eigenvalue weighted by molar-refractivity contribution is 0.322. The van der Waals surface area contributed by atoms with Gasteiger partial charge in [-0.05, 0) is 19.3 Å². The summed E-state index contributed by atoms with van der Waals surface area (Å²) in [6.45, 7) is 0. The number of hydrogen-bond donors (Lipinski definition) is 0. The predicted octanol–water partition coefficient (Wildman–Crippen LogP) is 2.18. The lowest BCUT2D eigenvalue weighted by Crippen LogP contribution is -2.37. The molecule has 0 unspecified atom stereocenters.